The van der Waals surface area contributed by atoms with E-state index in [2.05, 4.69) is 26.0 Å². The molecule has 0 radical (unpaired) electrons. The van der Waals surface area contributed by atoms with E-state index < -0.39 is 216 Å². The van der Waals surface area contributed by atoms with Crippen molar-refractivity contribution in [3.8, 4) is 62.9 Å². The van der Waals surface area contributed by atoms with E-state index in [1.807, 2.05) is 13.8 Å². The van der Waals surface area contributed by atoms with Crippen molar-refractivity contribution < 1.29 is 122 Å². The van der Waals surface area contributed by atoms with Crippen molar-refractivity contribution in [1.29, 1.82) is 0 Å². The maximum Gasteiger partial charge on any atom is 0.246 e. The number of nitrogens with two attached hydrogens (primary N) is 1. The van der Waals surface area contributed by atoms with Gasteiger partial charge in [0.2, 0.25) is 41.6 Å². The number of hydrogen-bond donors (Lipinski definition) is 15. The van der Waals surface area contributed by atoms with Crippen LogP contribution in [0.1, 0.15) is 176 Å². The first-order chi connectivity index (χ1) is 59.1. The van der Waals surface area contributed by atoms with Crippen LogP contribution in [0.2, 0.25) is 10.0 Å². The van der Waals surface area contributed by atoms with Crippen molar-refractivity contribution in [2.75, 3.05) is 26.9 Å². The molecule has 6 aromatic carbocycles. The summed E-state index contributed by atoms with van der Waals surface area (Å²) in [4.78, 5) is 126. The third-order valence-corrected chi connectivity index (χ3v) is 26.8. The molecule has 11 aliphatic rings. The van der Waals surface area contributed by atoms with E-state index in [4.69, 9.17) is 66.8 Å². The Morgan fingerprint density at radius 1 is 0.702 bits per heavy atom. The minimum absolute atomic E-state index is 0.0272. The van der Waals surface area contributed by atoms with E-state index in [0.29, 0.717) is 55.0 Å². The number of rotatable bonds is 22. The number of nitrogens with one attached hydrogen (secondary N) is 5. The molecule has 124 heavy (non-hydrogen) atoms. The predicted molar refractivity (Wildman–Crippen MR) is 449 cm³/mol. The Kier molecular flexibility index (Phi) is 28.3. The van der Waals surface area contributed by atoms with Crippen molar-refractivity contribution in [2.24, 2.45) is 53.1 Å². The highest BCUT2D eigenvalue weighted by atomic mass is 35.5. The van der Waals surface area contributed by atoms with E-state index in [-0.39, 0.29) is 97.0 Å². The Morgan fingerprint density at radius 3 is 1.98 bits per heavy atom. The molecule has 0 unspecified atom stereocenters. The number of Topliss-reactive ketones (excluding diaryl/α,β-unsaturated/α-hetero) is 3. The Morgan fingerprint density at radius 2 is 1.35 bits per heavy atom. The number of phenolic OH excluding ortho intramolecular Hbond substituents is 3. The van der Waals surface area contributed by atoms with Gasteiger partial charge in [0.25, 0.3) is 0 Å². The average molecular weight is 1770 g/mol. The van der Waals surface area contributed by atoms with Crippen LogP contribution in [0.3, 0.4) is 0 Å². The number of aromatic hydroxyl groups is 3. The third-order valence-electron chi connectivity index (χ3n) is 25.4. The summed E-state index contributed by atoms with van der Waals surface area (Å²) in [7, 11) is 1.57. The van der Waals surface area contributed by atoms with Crippen LogP contribution in [0.25, 0.3) is 11.1 Å². The van der Waals surface area contributed by atoms with Crippen LogP contribution in [-0.2, 0) is 57.3 Å². The normalized spacial score (nSPS) is 30.7. The van der Waals surface area contributed by atoms with Crippen LogP contribution < -0.4 is 50.7 Å². The maximum atomic E-state index is 16.8. The lowest BCUT2D eigenvalue weighted by Gasteiger charge is -2.54. The monoisotopic (exact) mass is 1770 g/mol. The van der Waals surface area contributed by atoms with Crippen LogP contribution in [0.4, 0.5) is 0 Å². The summed E-state index contributed by atoms with van der Waals surface area (Å²) < 4.78 is 53.0. The number of hydrogen-bond acceptors (Lipinski definition) is 27. The topological polar surface area (TPSA) is 479 Å². The van der Waals surface area contributed by atoms with Crippen LogP contribution in [0.15, 0.2) is 108 Å². The highest BCUT2D eigenvalue weighted by Gasteiger charge is 2.53. The summed E-state index contributed by atoms with van der Waals surface area (Å²) in [6.07, 6.45) is -14.3. The third kappa shape index (κ3) is 19.9. The van der Waals surface area contributed by atoms with Gasteiger partial charge in [-0.25, -0.2) is 0 Å². The van der Waals surface area contributed by atoms with Crippen LogP contribution >= 0.6 is 35.1 Å². The number of amides is 5. The zero-order valence-electron chi connectivity index (χ0n) is 69.2. The van der Waals surface area contributed by atoms with Crippen LogP contribution in [0, 0.1) is 47.3 Å². The highest BCUT2D eigenvalue weighted by Crippen LogP contribution is 2.59. The molecule has 666 valence electrons. The standard InChI is InChI=1S/C90H106Cl2N6O25S/c1-7-44(21-40(2)3)85(112)96-76-63(103)30-51(33-71(106)98-124-54-14-12-53(13-15-54)117-20-8-19-116-6)86(113)94-74-50-31-68(119-66-17-10-46(78(76)107)28-59(66)91)82(123-89-83(81(110)80(109)70(39-99)121-89)122-72-38-90(5,93)84(111)41(4)118-72)69(32-50)120-67-18-11-47(29-60(67)92)79(108)77-88(115)95-75(65(105)36-55-48-23-42-22-43(25-48)26-49(55)24-42)58-34-52(100)35-62(102)73(58)57-27-45(9-16-61(57)101)56(37-64(74)104)87(114)97-77/h9-18,27-29,31-32,34-35,40-44,48-49,51,55-56,70,72,74-81,83-84,89,99-102,107-111H,7-8,19-26,30,33,36-39,93H2,1-6H3,(H,94,113)(H,95,115)(H,96,112)(H,97,114)(H,98,106)/t41-,42?,43?,44-,48?,49?,51-,55?,56-,70+,72-,74+,75-,76-,77+,78+,79-,80-,81-,83-,84+,89-,90-/m0/s1. The second-order valence-corrected chi connectivity index (χ2v) is 36.5. The molecule has 5 amide bonds. The number of fused-ring (bicyclic) bond motifs is 15. The van der Waals surface area contributed by atoms with Crippen molar-refractivity contribution >= 4 is 82.0 Å². The largest absolute Gasteiger partial charge is 0.508 e. The number of aliphatic hydroxyl groups is 6. The van der Waals surface area contributed by atoms with Crippen LogP contribution in [0.5, 0.6) is 51.7 Å². The molecule has 16 N–H and O–H groups in total. The van der Waals surface area contributed by atoms with E-state index in [0.717, 1.165) is 74.4 Å². The van der Waals surface area contributed by atoms with Gasteiger partial charge in [-0.2, -0.15) is 0 Å². The number of halogens is 2. The quantitative estimate of drug-likeness (QED) is 0.0222. The molecular formula is C90H106Cl2N6O25S. The van der Waals surface area contributed by atoms with E-state index >= 15 is 28.8 Å². The van der Waals surface area contributed by atoms with Crippen molar-refractivity contribution in [3.05, 3.63) is 141 Å². The van der Waals surface area contributed by atoms with Gasteiger partial charge in [0.05, 0.1) is 47.3 Å². The van der Waals surface area contributed by atoms with Crippen molar-refractivity contribution in [3.63, 3.8) is 0 Å². The summed E-state index contributed by atoms with van der Waals surface area (Å²) in [6, 6.07) is 14.2. The molecule has 7 heterocycles. The van der Waals surface area contributed by atoms with Gasteiger partial charge in [0, 0.05) is 85.8 Å². The molecule has 31 nitrogen and oxygen atoms in total. The first-order valence-electron chi connectivity index (χ1n) is 42.1. The molecule has 6 aromatic rings. The van der Waals surface area contributed by atoms with Crippen molar-refractivity contribution in [1.82, 2.24) is 26.0 Å². The van der Waals surface area contributed by atoms with Gasteiger partial charge in [-0.3, -0.25) is 43.1 Å². The van der Waals surface area contributed by atoms with Gasteiger partial charge < -0.3 is 111 Å². The fourth-order valence-electron chi connectivity index (χ4n) is 19.1. The average Bonchev–Trinajstić information content (AvgIpc) is 0.758. The first kappa shape index (κ1) is 91.0. The fraction of sp³-hybridized carbons (Fsp3) is 0.511. The van der Waals surface area contributed by atoms with Gasteiger partial charge in [0.15, 0.2) is 41.2 Å². The summed E-state index contributed by atoms with van der Waals surface area (Å²) in [5.74, 6) is -14.6. The molecule has 15 bridgehead atoms. The predicted octanol–water partition coefficient (Wildman–Crippen LogP) is 9.22. The van der Waals surface area contributed by atoms with Gasteiger partial charge in [-0.15, -0.1) is 0 Å². The summed E-state index contributed by atoms with van der Waals surface area (Å²) in [6.45, 7) is 8.48. The number of ether oxygens (including phenoxy) is 8. The summed E-state index contributed by atoms with van der Waals surface area (Å²) >= 11 is 15.4. The maximum absolute atomic E-state index is 16.8. The molecule has 0 aromatic heterocycles. The molecule has 2 saturated heterocycles. The van der Waals surface area contributed by atoms with Gasteiger partial charge >= 0.3 is 0 Å². The summed E-state index contributed by atoms with van der Waals surface area (Å²) in [5, 5.41) is 118. The first-order valence-corrected chi connectivity index (χ1v) is 43.6. The molecule has 17 rings (SSSR count). The fourth-order valence-corrected chi connectivity index (χ4v) is 20.2. The van der Waals surface area contributed by atoms with Gasteiger partial charge in [-0.05, 0) is 213 Å². The van der Waals surface area contributed by atoms with Gasteiger partial charge in [-0.1, -0.05) is 62.2 Å². The molecule has 18 atom stereocenters. The molecule has 4 saturated carbocycles. The minimum Gasteiger partial charge on any atom is -0.508 e. The molecule has 7 aliphatic heterocycles. The lowest BCUT2D eigenvalue weighted by molar-refractivity contribution is -0.333. The highest BCUT2D eigenvalue weighted by molar-refractivity contribution is 7.98. The molecular weight excluding hydrogens is 1670 g/mol. The molecule has 34 heteroatoms. The number of methoxy groups -OCH3 is 1. The van der Waals surface area contributed by atoms with Gasteiger partial charge in [0.1, 0.15) is 89.2 Å². The molecule has 6 fully saturated rings. The number of phenols is 3. The van der Waals surface area contributed by atoms with E-state index in [9.17, 15) is 55.5 Å². The second-order valence-electron chi connectivity index (χ2n) is 34.8. The minimum atomic E-state index is -2.19. The Balaban J connectivity index is 0.954. The zero-order chi connectivity index (χ0) is 88.6. The lowest BCUT2D eigenvalue weighted by atomic mass is 9.51. The number of carbonyl (C=O) groups excluding carboxylic acids is 8. The number of ketones is 3. The number of benzene rings is 6. The molecule has 4 aliphatic carbocycles. The lowest BCUT2D eigenvalue weighted by Crippen LogP contribution is -2.64. The second kappa shape index (κ2) is 38.5. The number of aliphatic hydroxyl groups excluding tert-OH is 6. The van der Waals surface area contributed by atoms with E-state index in [1.54, 1.807) is 38.3 Å². The SMILES string of the molecule is CC[C@@H](CC(C)C)C(=O)N[C@H]1C(=O)C[C@@H](CC(=O)NSc2ccc(OCCCOC)cc2)C(=O)N[C@H]2C(=O)C[C@@H]3C(=O)N[C@@H](C(=O)N[C@H](C(=O)CC4C5CC6CC(C5)CC4C6)c4cc(O)cc(O)c4-c4cc3ccc4O)[C@@H](O)c3ccc(c(Cl)c3)Oc3cc2cc(c3O[C@@H]2O[C@H](CO)[C@H](O)[C@H](O)[C@@H]2O[C@H]2C[C@](C)(N)[C@H](O)[C@H](C)O2)Oc2ccc(cc2Cl)[C@H]1O. The Bertz CT molecular complexity index is 4970. The number of carbonyl (C=O) groups is 8. The smallest absolute Gasteiger partial charge is 0.246 e. The Labute approximate surface area is 730 Å². The van der Waals surface area contributed by atoms with Crippen LogP contribution in [-0.4, -0.2) is 187 Å². The Hall–Kier alpha value is -9.23. The van der Waals surface area contributed by atoms with E-state index in [1.165, 1.54) is 62.4 Å². The zero-order valence-corrected chi connectivity index (χ0v) is 71.5. The van der Waals surface area contributed by atoms with Crippen molar-refractivity contribution in [2.45, 2.75) is 220 Å². The molecule has 0 spiro atoms. The summed E-state index contributed by atoms with van der Waals surface area (Å²) in [5.41, 5.74) is 3.75.